The van der Waals surface area contributed by atoms with Gasteiger partial charge in [-0.25, -0.2) is 0 Å². The summed E-state index contributed by atoms with van der Waals surface area (Å²) in [5.41, 5.74) is 4.48. The Morgan fingerprint density at radius 3 is 2.58 bits per heavy atom. The monoisotopic (exact) mass is 419 g/mol. The van der Waals surface area contributed by atoms with Crippen molar-refractivity contribution in [1.82, 2.24) is 15.2 Å². The maximum atomic E-state index is 13.3. The second-order valence-corrected chi connectivity index (χ2v) is 9.18. The van der Waals surface area contributed by atoms with Crippen LogP contribution in [-0.2, 0) is 16.0 Å². The molecule has 2 aromatic rings. The number of nitrogens with one attached hydrogen (secondary N) is 1. The topological polar surface area (TPSA) is 54.5 Å². The Morgan fingerprint density at radius 2 is 1.90 bits per heavy atom. The second-order valence-electron chi connectivity index (χ2n) is 9.18. The summed E-state index contributed by atoms with van der Waals surface area (Å²) >= 11 is 0. The van der Waals surface area contributed by atoms with E-state index in [9.17, 15) is 4.79 Å². The number of hydrogen-bond donors (Lipinski definition) is 1. The molecular weight excluding hydrogens is 386 g/mol. The highest BCUT2D eigenvalue weighted by molar-refractivity contribution is 5.84. The number of amides is 1. The molecule has 1 atom stereocenters. The van der Waals surface area contributed by atoms with Crippen LogP contribution in [0.25, 0.3) is 11.1 Å². The third kappa shape index (κ3) is 5.41. The van der Waals surface area contributed by atoms with Crippen LogP contribution in [0.3, 0.4) is 0 Å². The zero-order valence-corrected chi connectivity index (χ0v) is 18.6. The van der Waals surface area contributed by atoms with Crippen molar-refractivity contribution in [3.05, 3.63) is 66.0 Å². The van der Waals surface area contributed by atoms with Crippen molar-refractivity contribution >= 4 is 5.91 Å². The van der Waals surface area contributed by atoms with E-state index in [1.165, 1.54) is 16.7 Å². The van der Waals surface area contributed by atoms with Crippen LogP contribution in [0.1, 0.15) is 32.3 Å². The lowest BCUT2D eigenvalue weighted by molar-refractivity contribution is -0.131. The largest absolute Gasteiger partial charge is 0.377 e. The maximum absolute atomic E-state index is 13.3. The van der Waals surface area contributed by atoms with Crippen molar-refractivity contribution in [2.45, 2.75) is 39.2 Å². The van der Waals surface area contributed by atoms with Crippen LogP contribution in [-0.4, -0.2) is 54.7 Å². The lowest BCUT2D eigenvalue weighted by Gasteiger charge is -2.30. The van der Waals surface area contributed by atoms with Crippen molar-refractivity contribution in [1.29, 1.82) is 0 Å². The van der Waals surface area contributed by atoms with Crippen LogP contribution in [0.5, 0.6) is 0 Å². The van der Waals surface area contributed by atoms with Gasteiger partial charge in [0.25, 0.3) is 0 Å². The first-order chi connectivity index (χ1) is 15.0. The minimum absolute atomic E-state index is 0.141. The van der Waals surface area contributed by atoms with Gasteiger partial charge in [0.1, 0.15) is 0 Å². The van der Waals surface area contributed by atoms with Gasteiger partial charge in [0, 0.05) is 31.5 Å². The first-order valence-corrected chi connectivity index (χ1v) is 11.3. The fourth-order valence-corrected chi connectivity index (χ4v) is 4.67. The fourth-order valence-electron chi connectivity index (χ4n) is 4.67. The van der Waals surface area contributed by atoms with Gasteiger partial charge in [-0.1, -0.05) is 30.3 Å². The van der Waals surface area contributed by atoms with Gasteiger partial charge in [-0.15, -0.1) is 0 Å². The van der Waals surface area contributed by atoms with Gasteiger partial charge in [-0.3, -0.25) is 14.7 Å². The normalized spacial score (nSPS) is 21.8. The molecule has 31 heavy (non-hydrogen) atoms. The minimum Gasteiger partial charge on any atom is -0.377 e. The molecule has 1 saturated heterocycles. The number of carbonyl (C=O) groups is 1. The SMILES string of the molecule is CC(C)NC(=O)[C@]1(Cc2ccc(-c3ccncc3)cc2)CCN(CC2=CCCOC2)C1. The average Bonchev–Trinajstić information content (AvgIpc) is 3.19. The highest BCUT2D eigenvalue weighted by atomic mass is 16.5. The molecule has 1 fully saturated rings. The van der Waals surface area contributed by atoms with Gasteiger partial charge in [-0.05, 0) is 74.1 Å². The lowest BCUT2D eigenvalue weighted by Crippen LogP contribution is -2.47. The molecule has 4 rings (SSSR count). The molecule has 1 aromatic heterocycles. The van der Waals surface area contributed by atoms with E-state index in [0.29, 0.717) is 0 Å². The number of hydrogen-bond acceptors (Lipinski definition) is 4. The highest BCUT2D eigenvalue weighted by Gasteiger charge is 2.44. The number of likely N-dealkylation sites (tertiary alicyclic amines) is 1. The van der Waals surface area contributed by atoms with Crippen molar-refractivity contribution in [2.24, 2.45) is 5.41 Å². The molecule has 2 aliphatic heterocycles. The number of benzene rings is 1. The summed E-state index contributed by atoms with van der Waals surface area (Å²) in [4.78, 5) is 19.8. The van der Waals surface area contributed by atoms with Gasteiger partial charge >= 0.3 is 0 Å². The van der Waals surface area contributed by atoms with E-state index < -0.39 is 5.41 Å². The molecule has 3 heterocycles. The third-order valence-corrected chi connectivity index (χ3v) is 6.25. The van der Waals surface area contributed by atoms with Crippen LogP contribution in [0.15, 0.2) is 60.4 Å². The molecule has 1 amide bonds. The summed E-state index contributed by atoms with van der Waals surface area (Å²) in [5.74, 6) is 0.178. The molecule has 5 heteroatoms. The highest BCUT2D eigenvalue weighted by Crippen LogP contribution is 2.36. The Bertz CT molecular complexity index is 908. The summed E-state index contributed by atoms with van der Waals surface area (Å²) < 4.78 is 5.61. The summed E-state index contributed by atoms with van der Waals surface area (Å²) in [6.45, 7) is 8.24. The second kappa shape index (κ2) is 9.75. The summed E-state index contributed by atoms with van der Waals surface area (Å²) in [6.07, 6.45) is 8.56. The molecule has 164 valence electrons. The number of carbonyl (C=O) groups excluding carboxylic acids is 1. The predicted octanol–water partition coefficient (Wildman–Crippen LogP) is 3.85. The quantitative estimate of drug-likeness (QED) is 0.693. The van der Waals surface area contributed by atoms with E-state index in [4.69, 9.17) is 4.74 Å². The van der Waals surface area contributed by atoms with Crippen molar-refractivity contribution in [3.63, 3.8) is 0 Å². The van der Waals surface area contributed by atoms with Gasteiger partial charge < -0.3 is 10.1 Å². The molecule has 2 aliphatic rings. The van der Waals surface area contributed by atoms with Crippen LogP contribution in [0.4, 0.5) is 0 Å². The Kier molecular flexibility index (Phi) is 6.83. The predicted molar refractivity (Wildman–Crippen MR) is 124 cm³/mol. The Balaban J connectivity index is 1.50. The van der Waals surface area contributed by atoms with E-state index in [0.717, 1.165) is 57.7 Å². The molecule has 1 N–H and O–H groups in total. The fraction of sp³-hybridized carbons (Fsp3) is 0.462. The van der Waals surface area contributed by atoms with Gasteiger partial charge in [0.15, 0.2) is 0 Å². The molecule has 0 saturated carbocycles. The van der Waals surface area contributed by atoms with E-state index in [-0.39, 0.29) is 11.9 Å². The average molecular weight is 420 g/mol. The molecular formula is C26H33N3O2. The summed E-state index contributed by atoms with van der Waals surface area (Å²) in [7, 11) is 0. The smallest absolute Gasteiger partial charge is 0.228 e. The molecule has 0 radical (unpaired) electrons. The number of pyridine rings is 1. The van der Waals surface area contributed by atoms with E-state index in [2.05, 4.69) is 45.5 Å². The van der Waals surface area contributed by atoms with Crippen LogP contribution >= 0.6 is 0 Å². The first-order valence-electron chi connectivity index (χ1n) is 11.3. The van der Waals surface area contributed by atoms with Crippen molar-refractivity contribution < 1.29 is 9.53 Å². The summed E-state index contributed by atoms with van der Waals surface area (Å²) in [6, 6.07) is 12.8. The molecule has 5 nitrogen and oxygen atoms in total. The number of rotatable bonds is 7. The van der Waals surface area contributed by atoms with E-state index in [1.54, 1.807) is 0 Å². The van der Waals surface area contributed by atoms with Crippen molar-refractivity contribution in [3.8, 4) is 11.1 Å². The first kappa shape index (κ1) is 21.7. The number of aromatic nitrogens is 1. The molecule has 0 bridgehead atoms. The number of ether oxygens (including phenoxy) is 1. The number of nitrogens with zero attached hydrogens (tertiary/aromatic N) is 2. The van der Waals surface area contributed by atoms with Gasteiger partial charge in [-0.2, -0.15) is 0 Å². The Morgan fingerprint density at radius 1 is 1.16 bits per heavy atom. The molecule has 0 spiro atoms. The molecule has 0 aliphatic carbocycles. The van der Waals surface area contributed by atoms with E-state index in [1.807, 2.05) is 38.4 Å². The van der Waals surface area contributed by atoms with Gasteiger partial charge in [0.2, 0.25) is 5.91 Å². The lowest BCUT2D eigenvalue weighted by atomic mass is 9.79. The van der Waals surface area contributed by atoms with Crippen molar-refractivity contribution in [2.75, 3.05) is 32.8 Å². The maximum Gasteiger partial charge on any atom is 0.228 e. The Labute approximate surface area is 185 Å². The van der Waals surface area contributed by atoms with Crippen LogP contribution in [0, 0.1) is 5.41 Å². The van der Waals surface area contributed by atoms with Gasteiger partial charge in [0.05, 0.1) is 18.6 Å². The van der Waals surface area contributed by atoms with E-state index >= 15 is 0 Å². The minimum atomic E-state index is -0.390. The molecule has 1 aromatic carbocycles. The Hall–Kier alpha value is -2.50. The standard InChI is InChI=1S/C26H33N3O2/c1-20(2)28-25(30)26(11-14-29(19-26)17-22-4-3-15-31-18-22)16-21-5-7-23(8-6-21)24-9-12-27-13-10-24/h4-10,12-13,20H,3,11,14-19H2,1-2H3,(H,28,30)/t26-/m0/s1. The van der Waals surface area contributed by atoms with Crippen LogP contribution < -0.4 is 5.32 Å². The zero-order chi connectivity index (χ0) is 21.7. The third-order valence-electron chi connectivity index (χ3n) is 6.25. The zero-order valence-electron chi connectivity index (χ0n) is 18.6. The molecule has 0 unspecified atom stereocenters. The van der Waals surface area contributed by atoms with Crippen LogP contribution in [0.2, 0.25) is 0 Å². The summed E-state index contributed by atoms with van der Waals surface area (Å²) in [5, 5.41) is 3.20.